The number of hydrogen-bond donors (Lipinski definition) is 3. The monoisotopic (exact) mass is 609 g/mol. The Morgan fingerprint density at radius 3 is 2.24 bits per heavy atom. The van der Waals surface area contributed by atoms with Crippen molar-refractivity contribution in [3.63, 3.8) is 0 Å². The van der Waals surface area contributed by atoms with Gasteiger partial charge in [0.15, 0.2) is 0 Å². The van der Waals surface area contributed by atoms with E-state index >= 15 is 0 Å². The molecule has 3 N–H and O–H groups in total. The van der Waals surface area contributed by atoms with Crippen LogP contribution in [0.5, 0.6) is 11.5 Å². The van der Waals surface area contributed by atoms with Crippen LogP contribution in [0.25, 0.3) is 6.08 Å². The highest BCUT2D eigenvalue weighted by Gasteiger charge is 2.55. The summed E-state index contributed by atoms with van der Waals surface area (Å²) in [6, 6.07) is 22.2. The number of carbonyl (C=O) groups excluding carboxylic acids is 2. The zero-order chi connectivity index (χ0) is 32.1. The fourth-order valence-electron chi connectivity index (χ4n) is 6.99. The van der Waals surface area contributed by atoms with E-state index in [4.69, 9.17) is 4.74 Å². The lowest BCUT2D eigenvalue weighted by Crippen LogP contribution is -2.40. The van der Waals surface area contributed by atoms with Crippen molar-refractivity contribution in [3.8, 4) is 11.5 Å². The number of fused-ring (bicyclic) bond motifs is 1. The van der Waals surface area contributed by atoms with E-state index in [-0.39, 0.29) is 31.4 Å². The van der Waals surface area contributed by atoms with E-state index < -0.39 is 23.9 Å². The van der Waals surface area contributed by atoms with Gasteiger partial charge in [-0.2, -0.15) is 0 Å². The van der Waals surface area contributed by atoms with Crippen LogP contribution in [0.3, 0.4) is 0 Å². The van der Waals surface area contributed by atoms with Crippen molar-refractivity contribution in [2.24, 2.45) is 17.8 Å². The second-order valence-electron chi connectivity index (χ2n) is 12.2. The van der Waals surface area contributed by atoms with Crippen LogP contribution in [0.15, 0.2) is 89.5 Å². The van der Waals surface area contributed by atoms with Gasteiger partial charge in [-0.3, -0.25) is 14.5 Å². The number of aryl methyl sites for hydroxylation is 2. The first-order chi connectivity index (χ1) is 21.7. The molecule has 0 unspecified atom stereocenters. The van der Waals surface area contributed by atoms with E-state index in [1.807, 2.05) is 62.4 Å². The first-order valence-corrected chi connectivity index (χ1v) is 15.8. The number of imide groups is 1. The molecule has 0 spiro atoms. The summed E-state index contributed by atoms with van der Waals surface area (Å²) in [7, 11) is 0. The molecular formula is C38H43NO6. The molecule has 236 valence electrons. The number of aliphatic hydroxyl groups excluding tert-OH is 2. The molecule has 1 heterocycles. The first-order valence-electron chi connectivity index (χ1n) is 15.8. The third kappa shape index (κ3) is 6.90. The van der Waals surface area contributed by atoms with Crippen LogP contribution in [0.2, 0.25) is 0 Å². The van der Waals surface area contributed by atoms with Gasteiger partial charge in [-0.1, -0.05) is 61.4 Å². The summed E-state index contributed by atoms with van der Waals surface area (Å²) in [5.41, 5.74) is 5.67. The molecule has 3 aromatic carbocycles. The van der Waals surface area contributed by atoms with Gasteiger partial charge in [0, 0.05) is 5.92 Å². The molecule has 7 heteroatoms. The lowest BCUT2D eigenvalue weighted by atomic mass is 9.68. The van der Waals surface area contributed by atoms with Crippen LogP contribution in [0.4, 0.5) is 5.69 Å². The SMILES string of the molecule is CCC/C(=C\c1cc(C)c(O)c(C)c1)CC[C@@H](O)C1=C(COc2ccccc2)C[C@H]2C(=O)N(c3ccccc3)C(=O)[C@H]2[C@H]1CO. The number of phenols is 1. The van der Waals surface area contributed by atoms with Gasteiger partial charge in [0.1, 0.15) is 18.1 Å². The minimum Gasteiger partial charge on any atom is -0.507 e. The Morgan fingerprint density at radius 2 is 1.62 bits per heavy atom. The third-order valence-corrected chi connectivity index (χ3v) is 9.10. The molecule has 2 aliphatic rings. The van der Waals surface area contributed by atoms with Crippen molar-refractivity contribution in [2.45, 2.75) is 59.0 Å². The van der Waals surface area contributed by atoms with E-state index in [1.165, 1.54) is 10.5 Å². The number of ether oxygens (including phenoxy) is 1. The van der Waals surface area contributed by atoms with Crippen molar-refractivity contribution in [2.75, 3.05) is 18.1 Å². The summed E-state index contributed by atoms with van der Waals surface area (Å²) in [6.45, 7) is 5.66. The predicted molar refractivity (Wildman–Crippen MR) is 176 cm³/mol. The van der Waals surface area contributed by atoms with Gasteiger partial charge >= 0.3 is 0 Å². The molecule has 5 rings (SSSR count). The van der Waals surface area contributed by atoms with Crippen molar-refractivity contribution in [1.29, 1.82) is 0 Å². The summed E-state index contributed by atoms with van der Waals surface area (Å²) in [5.74, 6) is -1.78. The van der Waals surface area contributed by atoms with Crippen molar-refractivity contribution < 1.29 is 29.6 Å². The molecule has 1 aliphatic heterocycles. The van der Waals surface area contributed by atoms with Gasteiger partial charge in [0.2, 0.25) is 11.8 Å². The molecule has 3 aromatic rings. The van der Waals surface area contributed by atoms with Crippen LogP contribution in [-0.2, 0) is 9.59 Å². The Bertz CT molecular complexity index is 1560. The molecule has 1 saturated heterocycles. The van der Waals surface area contributed by atoms with Gasteiger partial charge in [0.25, 0.3) is 0 Å². The second kappa shape index (κ2) is 14.3. The smallest absolute Gasteiger partial charge is 0.238 e. The summed E-state index contributed by atoms with van der Waals surface area (Å²) in [4.78, 5) is 28.8. The minimum absolute atomic E-state index is 0.145. The fraction of sp³-hybridized carbons (Fsp3) is 0.368. The van der Waals surface area contributed by atoms with Crippen LogP contribution in [0.1, 0.15) is 55.7 Å². The number of allylic oxidation sites excluding steroid dienone is 1. The molecule has 0 aromatic heterocycles. The Hall–Kier alpha value is -4.20. The van der Waals surface area contributed by atoms with Gasteiger partial charge < -0.3 is 20.1 Å². The topological polar surface area (TPSA) is 107 Å². The number of para-hydroxylation sites is 2. The Balaban J connectivity index is 1.45. The van der Waals surface area contributed by atoms with Crippen LogP contribution in [-0.4, -0.2) is 46.5 Å². The standard InChI is InChI=1S/C38H43NO6/c1-4-11-26(20-27-18-24(2)36(42)25(3)19-27)16-17-33(41)34-28(23-45-30-14-9-6-10-15-30)21-31-35(32(34)22-40)38(44)39(37(31)43)29-12-7-5-8-13-29/h5-10,12-15,18-20,31-33,35,40-42H,4,11,16-17,21-23H2,1-3H3/b26-20+/t31-,32+,33-,35-/m1/s1. The van der Waals surface area contributed by atoms with E-state index in [1.54, 1.807) is 24.3 Å². The van der Waals surface area contributed by atoms with E-state index in [9.17, 15) is 24.9 Å². The molecule has 1 fully saturated rings. The number of rotatable bonds is 12. The zero-order valence-electron chi connectivity index (χ0n) is 26.3. The summed E-state index contributed by atoms with van der Waals surface area (Å²) >= 11 is 0. The number of anilines is 1. The minimum atomic E-state index is -0.935. The van der Waals surface area contributed by atoms with Crippen LogP contribution >= 0.6 is 0 Å². The van der Waals surface area contributed by atoms with E-state index in [0.717, 1.165) is 35.1 Å². The largest absolute Gasteiger partial charge is 0.507 e. The number of aromatic hydroxyl groups is 1. The normalized spacial score (nSPS) is 20.9. The molecule has 7 nitrogen and oxygen atoms in total. The fourth-order valence-corrected chi connectivity index (χ4v) is 6.99. The molecule has 0 radical (unpaired) electrons. The average Bonchev–Trinajstić information content (AvgIpc) is 3.30. The second-order valence-corrected chi connectivity index (χ2v) is 12.2. The Kier molecular flexibility index (Phi) is 10.2. The number of hydrogen-bond acceptors (Lipinski definition) is 6. The Morgan fingerprint density at radius 1 is 0.978 bits per heavy atom. The van der Waals surface area contributed by atoms with Gasteiger partial charge in [-0.25, -0.2) is 0 Å². The number of benzene rings is 3. The zero-order valence-corrected chi connectivity index (χ0v) is 26.3. The molecule has 45 heavy (non-hydrogen) atoms. The molecule has 0 bridgehead atoms. The molecule has 2 amide bonds. The van der Waals surface area contributed by atoms with Crippen LogP contribution < -0.4 is 9.64 Å². The first kappa shape index (κ1) is 32.2. The van der Waals surface area contributed by atoms with Gasteiger partial charge in [-0.05, 0) is 104 Å². The molecule has 4 atom stereocenters. The highest BCUT2D eigenvalue weighted by molar-refractivity contribution is 6.22. The molecular weight excluding hydrogens is 566 g/mol. The lowest BCUT2D eigenvalue weighted by molar-refractivity contribution is -0.123. The average molecular weight is 610 g/mol. The summed E-state index contributed by atoms with van der Waals surface area (Å²) < 4.78 is 6.12. The molecule has 1 aliphatic carbocycles. The number of amides is 2. The number of phenolic OH excluding ortho intramolecular Hbond substituents is 1. The maximum Gasteiger partial charge on any atom is 0.238 e. The quantitative estimate of drug-likeness (QED) is 0.159. The van der Waals surface area contributed by atoms with Gasteiger partial charge in [0.05, 0.1) is 30.2 Å². The maximum absolute atomic E-state index is 13.8. The summed E-state index contributed by atoms with van der Waals surface area (Å²) in [5, 5.41) is 32.8. The van der Waals surface area contributed by atoms with Crippen molar-refractivity contribution in [3.05, 3.63) is 106 Å². The third-order valence-electron chi connectivity index (χ3n) is 9.10. The maximum atomic E-state index is 13.8. The Labute approximate surface area is 265 Å². The highest BCUT2D eigenvalue weighted by Crippen LogP contribution is 2.47. The summed E-state index contributed by atoms with van der Waals surface area (Å²) in [6.07, 6.45) is 4.26. The van der Waals surface area contributed by atoms with E-state index in [0.29, 0.717) is 35.6 Å². The highest BCUT2D eigenvalue weighted by atomic mass is 16.5. The van der Waals surface area contributed by atoms with Crippen molar-refractivity contribution in [1.82, 2.24) is 0 Å². The van der Waals surface area contributed by atoms with E-state index in [2.05, 4.69) is 13.0 Å². The lowest BCUT2D eigenvalue weighted by Gasteiger charge is -2.36. The predicted octanol–water partition coefficient (Wildman–Crippen LogP) is 6.53. The number of nitrogens with zero attached hydrogens (tertiary/aromatic N) is 1. The number of aliphatic hydroxyl groups is 2. The van der Waals surface area contributed by atoms with Gasteiger partial charge in [-0.15, -0.1) is 0 Å². The number of carbonyl (C=O) groups is 2. The van der Waals surface area contributed by atoms with Crippen LogP contribution in [0, 0.1) is 31.6 Å². The van der Waals surface area contributed by atoms with Crippen molar-refractivity contribution >= 4 is 23.6 Å². The molecule has 0 saturated carbocycles.